The van der Waals surface area contributed by atoms with E-state index in [2.05, 4.69) is 4.72 Å². The van der Waals surface area contributed by atoms with Gasteiger partial charge in [-0.15, -0.1) is 0 Å². The van der Waals surface area contributed by atoms with Crippen LogP contribution in [0.25, 0.3) is 0 Å². The molecule has 0 amide bonds. The molecular formula is C8H14N2O6S. The first-order chi connectivity index (χ1) is 7.80. The van der Waals surface area contributed by atoms with E-state index in [0.29, 0.717) is 0 Å². The number of rotatable bonds is 8. The molecule has 1 saturated carbocycles. The molecule has 0 aromatic heterocycles. The second kappa shape index (κ2) is 5.43. The van der Waals surface area contributed by atoms with E-state index >= 15 is 0 Å². The fourth-order valence-corrected chi connectivity index (χ4v) is 2.48. The second-order valence-corrected chi connectivity index (χ2v) is 5.31. The van der Waals surface area contributed by atoms with E-state index < -0.39 is 34.6 Å². The summed E-state index contributed by atoms with van der Waals surface area (Å²) in [6, 6.07) is -1.57. The molecule has 1 atom stereocenters. The molecule has 1 rings (SSSR count). The van der Waals surface area contributed by atoms with Crippen molar-refractivity contribution in [2.24, 2.45) is 0 Å². The molecule has 0 heterocycles. The Morgan fingerprint density at radius 3 is 2.29 bits per heavy atom. The summed E-state index contributed by atoms with van der Waals surface area (Å²) < 4.78 is 27.0. The van der Waals surface area contributed by atoms with Crippen LogP contribution in [0.3, 0.4) is 0 Å². The molecule has 1 aliphatic rings. The lowest BCUT2D eigenvalue weighted by Gasteiger charge is -2.14. The Balaban J connectivity index is 2.52. The Hall–Kier alpha value is -1.19. The zero-order valence-electron chi connectivity index (χ0n) is 8.92. The molecular weight excluding hydrogens is 252 g/mol. The van der Waals surface area contributed by atoms with E-state index in [4.69, 9.17) is 10.2 Å². The molecule has 1 fully saturated rings. The predicted octanol–water partition coefficient (Wildman–Crippen LogP) is -1.11. The van der Waals surface area contributed by atoms with Crippen LogP contribution in [0.5, 0.6) is 0 Å². The fraction of sp³-hybridized carbons (Fsp3) is 0.750. The van der Waals surface area contributed by atoms with Gasteiger partial charge in [-0.05, 0) is 19.3 Å². The summed E-state index contributed by atoms with van der Waals surface area (Å²) in [4.78, 5) is 21.0. The van der Waals surface area contributed by atoms with Crippen molar-refractivity contribution in [1.82, 2.24) is 9.44 Å². The number of aliphatic carboxylic acids is 2. The van der Waals surface area contributed by atoms with Gasteiger partial charge < -0.3 is 10.2 Å². The van der Waals surface area contributed by atoms with Crippen LogP contribution in [0, 0.1) is 0 Å². The first-order valence-corrected chi connectivity index (χ1v) is 6.52. The number of hydrogen-bond acceptors (Lipinski definition) is 4. The van der Waals surface area contributed by atoms with Gasteiger partial charge in [-0.2, -0.15) is 17.9 Å². The predicted molar refractivity (Wildman–Crippen MR) is 56.5 cm³/mol. The summed E-state index contributed by atoms with van der Waals surface area (Å²) in [5, 5.41) is 17.2. The maximum atomic E-state index is 11.4. The van der Waals surface area contributed by atoms with Crippen molar-refractivity contribution >= 4 is 22.1 Å². The van der Waals surface area contributed by atoms with Gasteiger partial charge in [-0.1, -0.05) is 0 Å². The molecule has 0 aromatic rings. The highest BCUT2D eigenvalue weighted by atomic mass is 32.2. The molecule has 1 aliphatic carbocycles. The molecule has 0 bridgehead atoms. The second-order valence-electron chi connectivity index (χ2n) is 3.84. The van der Waals surface area contributed by atoms with Gasteiger partial charge in [0.1, 0.15) is 6.04 Å². The molecule has 0 radical (unpaired) electrons. The van der Waals surface area contributed by atoms with E-state index in [1.807, 2.05) is 4.72 Å². The van der Waals surface area contributed by atoms with E-state index in [-0.39, 0.29) is 12.5 Å². The molecule has 0 spiro atoms. The Kier molecular flexibility index (Phi) is 4.43. The largest absolute Gasteiger partial charge is 0.481 e. The first-order valence-electron chi connectivity index (χ1n) is 5.04. The average Bonchev–Trinajstić information content (AvgIpc) is 2.94. The van der Waals surface area contributed by atoms with Crippen LogP contribution in [-0.2, 0) is 19.8 Å². The van der Waals surface area contributed by atoms with Crippen LogP contribution < -0.4 is 9.44 Å². The molecule has 4 N–H and O–H groups in total. The van der Waals surface area contributed by atoms with Crippen LogP contribution in [-0.4, -0.2) is 42.7 Å². The van der Waals surface area contributed by atoms with Crippen LogP contribution >= 0.6 is 0 Å². The SMILES string of the molecule is O=C(O)CC[C@H](NS(=O)(=O)NC1CC1)C(=O)O. The van der Waals surface area contributed by atoms with Crippen molar-refractivity contribution in [3.05, 3.63) is 0 Å². The number of carbonyl (C=O) groups is 2. The Morgan fingerprint density at radius 2 is 1.88 bits per heavy atom. The van der Waals surface area contributed by atoms with Crippen LogP contribution in [0.4, 0.5) is 0 Å². The van der Waals surface area contributed by atoms with Crippen molar-refractivity contribution in [2.45, 2.75) is 37.8 Å². The normalized spacial score (nSPS) is 17.6. The van der Waals surface area contributed by atoms with E-state index in [1.165, 1.54) is 0 Å². The molecule has 98 valence electrons. The van der Waals surface area contributed by atoms with Crippen LogP contribution in [0.2, 0.25) is 0 Å². The van der Waals surface area contributed by atoms with Crippen molar-refractivity contribution < 1.29 is 28.2 Å². The Morgan fingerprint density at radius 1 is 1.29 bits per heavy atom. The molecule has 8 nitrogen and oxygen atoms in total. The van der Waals surface area contributed by atoms with E-state index in [0.717, 1.165) is 12.8 Å². The van der Waals surface area contributed by atoms with Gasteiger partial charge in [0.05, 0.1) is 0 Å². The van der Waals surface area contributed by atoms with Crippen LogP contribution in [0.15, 0.2) is 0 Å². The Labute approximate surface area is 98.2 Å². The zero-order chi connectivity index (χ0) is 13.1. The summed E-state index contributed by atoms with van der Waals surface area (Å²) in [5.41, 5.74) is 0. The molecule has 0 aromatic carbocycles. The first kappa shape index (κ1) is 13.9. The van der Waals surface area contributed by atoms with Crippen LogP contribution in [0.1, 0.15) is 25.7 Å². The zero-order valence-corrected chi connectivity index (χ0v) is 9.74. The summed E-state index contributed by atoms with van der Waals surface area (Å²) >= 11 is 0. The number of nitrogens with one attached hydrogen (secondary N) is 2. The van der Waals surface area contributed by atoms with Crippen molar-refractivity contribution in [2.75, 3.05) is 0 Å². The lowest BCUT2D eigenvalue weighted by Crippen LogP contribution is -2.47. The maximum Gasteiger partial charge on any atom is 0.321 e. The van der Waals surface area contributed by atoms with E-state index in [9.17, 15) is 18.0 Å². The lowest BCUT2D eigenvalue weighted by molar-refractivity contribution is -0.140. The monoisotopic (exact) mass is 266 g/mol. The standard InChI is InChI=1S/C8H14N2O6S/c11-7(12)4-3-6(8(13)14)10-17(15,16)9-5-1-2-5/h5-6,9-10H,1-4H2,(H,11,12)(H,13,14)/t6-/m0/s1. The van der Waals surface area contributed by atoms with Gasteiger partial charge in [0.2, 0.25) is 0 Å². The smallest absolute Gasteiger partial charge is 0.321 e. The third-order valence-corrected chi connectivity index (χ3v) is 3.38. The summed E-state index contributed by atoms with van der Waals surface area (Å²) in [7, 11) is -3.88. The molecule has 17 heavy (non-hydrogen) atoms. The number of hydrogen-bond donors (Lipinski definition) is 4. The molecule has 0 saturated heterocycles. The summed E-state index contributed by atoms with van der Waals surface area (Å²) in [6.45, 7) is 0. The highest BCUT2D eigenvalue weighted by molar-refractivity contribution is 7.87. The minimum atomic E-state index is -3.88. The highest BCUT2D eigenvalue weighted by Crippen LogP contribution is 2.19. The third kappa shape index (κ3) is 5.61. The highest BCUT2D eigenvalue weighted by Gasteiger charge is 2.30. The Bertz CT molecular complexity index is 402. The molecule has 0 aliphatic heterocycles. The number of carboxylic acid groups (broad SMARTS) is 2. The van der Waals surface area contributed by atoms with Gasteiger partial charge in [0.25, 0.3) is 10.2 Å². The van der Waals surface area contributed by atoms with Gasteiger partial charge in [0.15, 0.2) is 0 Å². The van der Waals surface area contributed by atoms with Gasteiger partial charge in [-0.25, -0.2) is 0 Å². The summed E-state index contributed by atoms with van der Waals surface area (Å²) in [6.07, 6.45) is 0.751. The number of carboxylic acids is 2. The van der Waals surface area contributed by atoms with Gasteiger partial charge in [0, 0.05) is 12.5 Å². The quantitative estimate of drug-likeness (QED) is 0.440. The maximum absolute atomic E-state index is 11.4. The van der Waals surface area contributed by atoms with Crippen molar-refractivity contribution in [1.29, 1.82) is 0 Å². The van der Waals surface area contributed by atoms with Crippen molar-refractivity contribution in [3.63, 3.8) is 0 Å². The minimum Gasteiger partial charge on any atom is -0.481 e. The lowest BCUT2D eigenvalue weighted by atomic mass is 10.2. The van der Waals surface area contributed by atoms with Crippen molar-refractivity contribution in [3.8, 4) is 0 Å². The van der Waals surface area contributed by atoms with Gasteiger partial charge in [-0.3, -0.25) is 9.59 Å². The van der Waals surface area contributed by atoms with Gasteiger partial charge >= 0.3 is 11.9 Å². The average molecular weight is 266 g/mol. The van der Waals surface area contributed by atoms with E-state index in [1.54, 1.807) is 0 Å². The molecule has 9 heteroatoms. The topological polar surface area (TPSA) is 133 Å². The fourth-order valence-electron chi connectivity index (χ4n) is 1.14. The minimum absolute atomic E-state index is 0.138. The third-order valence-electron chi connectivity index (χ3n) is 2.14. The summed E-state index contributed by atoms with van der Waals surface area (Å²) in [5.74, 6) is -2.57. The molecule has 0 unspecified atom stereocenters.